The zero-order valence-electron chi connectivity index (χ0n) is 7.54. The van der Waals surface area contributed by atoms with E-state index in [1.165, 1.54) is 5.56 Å². The third kappa shape index (κ3) is 1.95. The summed E-state index contributed by atoms with van der Waals surface area (Å²) in [4.78, 5) is 4.35. The van der Waals surface area contributed by atoms with Crippen LogP contribution in [0.25, 0.3) is 0 Å². The molecular weight excluding hydrogens is 184 g/mol. The first kappa shape index (κ1) is 8.84. The molecule has 0 aromatic carbocycles. The van der Waals surface area contributed by atoms with Crippen molar-refractivity contribution in [3.63, 3.8) is 0 Å². The summed E-state index contributed by atoms with van der Waals surface area (Å²) < 4.78 is 5.12. The molecule has 0 saturated carbocycles. The summed E-state index contributed by atoms with van der Waals surface area (Å²) in [6, 6.07) is 2.05. The summed E-state index contributed by atoms with van der Waals surface area (Å²) in [5.74, 6) is 1.93. The zero-order valence-corrected chi connectivity index (χ0v) is 8.36. The smallest absolute Gasteiger partial charge is 0.137 e. The van der Waals surface area contributed by atoms with Gasteiger partial charge in [0.25, 0.3) is 0 Å². The third-order valence-electron chi connectivity index (χ3n) is 1.97. The highest BCUT2D eigenvalue weighted by Gasteiger charge is 2.09. The van der Waals surface area contributed by atoms with Crippen LogP contribution in [-0.2, 0) is 6.54 Å². The monoisotopic (exact) mass is 196 g/mol. The number of fused-ring (bicyclic) bond motifs is 1. The fraction of sp³-hybridized carbons (Fsp3) is 0.444. The maximum absolute atomic E-state index is 5.12. The summed E-state index contributed by atoms with van der Waals surface area (Å²) in [5, 5.41) is 4.47. The summed E-state index contributed by atoms with van der Waals surface area (Å²) in [7, 11) is 1.67. The van der Waals surface area contributed by atoms with E-state index in [0.717, 1.165) is 29.6 Å². The Labute approximate surface area is 81.9 Å². The van der Waals surface area contributed by atoms with Crippen molar-refractivity contribution in [1.82, 2.24) is 10.3 Å². The molecule has 1 aliphatic heterocycles. The van der Waals surface area contributed by atoms with Crippen molar-refractivity contribution >= 4 is 11.8 Å². The third-order valence-corrected chi connectivity index (χ3v) is 3.02. The van der Waals surface area contributed by atoms with Crippen molar-refractivity contribution in [1.29, 1.82) is 0 Å². The normalized spacial score (nSPS) is 16.1. The van der Waals surface area contributed by atoms with E-state index < -0.39 is 0 Å². The molecule has 13 heavy (non-hydrogen) atoms. The van der Waals surface area contributed by atoms with Crippen molar-refractivity contribution < 1.29 is 4.74 Å². The molecule has 70 valence electrons. The predicted octanol–water partition coefficient (Wildman–Crippen LogP) is 1.29. The molecule has 0 unspecified atom stereocenters. The maximum Gasteiger partial charge on any atom is 0.137 e. The summed E-state index contributed by atoms with van der Waals surface area (Å²) in [6.07, 6.45) is 1.77. The molecule has 0 aliphatic carbocycles. The topological polar surface area (TPSA) is 34.1 Å². The highest BCUT2D eigenvalue weighted by Crippen LogP contribution is 2.25. The minimum Gasteiger partial charge on any atom is -0.495 e. The van der Waals surface area contributed by atoms with Gasteiger partial charge in [0.1, 0.15) is 10.8 Å². The second-order valence-electron chi connectivity index (χ2n) is 2.86. The number of hydrogen-bond acceptors (Lipinski definition) is 4. The largest absolute Gasteiger partial charge is 0.495 e. The first-order chi connectivity index (χ1) is 6.40. The molecule has 0 amide bonds. The molecular formula is C9H12N2OS. The number of aromatic nitrogens is 1. The molecule has 0 radical (unpaired) electrons. The van der Waals surface area contributed by atoms with Crippen molar-refractivity contribution in [2.24, 2.45) is 0 Å². The minimum absolute atomic E-state index is 0.836. The number of ether oxygens (including phenoxy) is 1. The molecule has 1 aromatic heterocycles. The van der Waals surface area contributed by atoms with E-state index in [-0.39, 0.29) is 0 Å². The summed E-state index contributed by atoms with van der Waals surface area (Å²) in [6.45, 7) is 1.94. The van der Waals surface area contributed by atoms with E-state index in [0.29, 0.717) is 0 Å². The lowest BCUT2D eigenvalue weighted by Gasteiger charge is -2.05. The fourth-order valence-corrected chi connectivity index (χ4v) is 2.17. The number of pyridine rings is 1. The van der Waals surface area contributed by atoms with Gasteiger partial charge in [0.15, 0.2) is 0 Å². The Morgan fingerprint density at radius 3 is 3.38 bits per heavy atom. The van der Waals surface area contributed by atoms with Crippen LogP contribution in [0.4, 0.5) is 0 Å². The Hall–Kier alpha value is -0.740. The van der Waals surface area contributed by atoms with Gasteiger partial charge in [-0.25, -0.2) is 4.98 Å². The van der Waals surface area contributed by atoms with Gasteiger partial charge in [-0.15, -0.1) is 11.8 Å². The molecule has 1 aliphatic rings. The lowest BCUT2D eigenvalue weighted by atomic mass is 10.3. The summed E-state index contributed by atoms with van der Waals surface area (Å²) in [5.41, 5.74) is 1.24. The molecule has 0 bridgehead atoms. The predicted molar refractivity (Wildman–Crippen MR) is 53.2 cm³/mol. The van der Waals surface area contributed by atoms with E-state index in [1.54, 1.807) is 25.1 Å². The van der Waals surface area contributed by atoms with Gasteiger partial charge in [0.2, 0.25) is 0 Å². The first-order valence-corrected chi connectivity index (χ1v) is 5.25. The molecule has 2 heterocycles. The van der Waals surface area contributed by atoms with Crippen LogP contribution < -0.4 is 10.1 Å². The van der Waals surface area contributed by atoms with E-state index in [9.17, 15) is 0 Å². The molecule has 1 N–H and O–H groups in total. The highest BCUT2D eigenvalue weighted by atomic mass is 32.2. The number of methoxy groups -OCH3 is 1. The Morgan fingerprint density at radius 1 is 1.62 bits per heavy atom. The number of thioether (sulfide) groups is 1. The van der Waals surface area contributed by atoms with Gasteiger partial charge < -0.3 is 10.1 Å². The molecule has 0 atom stereocenters. The molecule has 3 nitrogen and oxygen atoms in total. The highest BCUT2D eigenvalue weighted by molar-refractivity contribution is 7.99. The van der Waals surface area contributed by atoms with Crippen LogP contribution in [0.3, 0.4) is 0 Å². The Balaban J connectivity index is 2.32. The van der Waals surface area contributed by atoms with Gasteiger partial charge >= 0.3 is 0 Å². The van der Waals surface area contributed by atoms with Gasteiger partial charge in [0, 0.05) is 24.4 Å². The van der Waals surface area contributed by atoms with Crippen molar-refractivity contribution in [3.05, 3.63) is 17.8 Å². The molecule has 1 aromatic rings. The second kappa shape index (κ2) is 3.98. The Morgan fingerprint density at radius 2 is 2.54 bits per heavy atom. The number of nitrogens with one attached hydrogen (secondary N) is 1. The molecule has 0 saturated heterocycles. The lowest BCUT2D eigenvalue weighted by molar-refractivity contribution is 0.411. The van der Waals surface area contributed by atoms with Crippen LogP contribution in [0.15, 0.2) is 17.3 Å². The van der Waals surface area contributed by atoms with Crippen LogP contribution >= 0.6 is 11.8 Å². The zero-order chi connectivity index (χ0) is 9.10. The van der Waals surface area contributed by atoms with E-state index in [4.69, 9.17) is 4.74 Å². The number of nitrogens with zero attached hydrogens (tertiary/aromatic N) is 1. The van der Waals surface area contributed by atoms with Gasteiger partial charge in [-0.05, 0) is 6.07 Å². The van der Waals surface area contributed by atoms with Crippen LogP contribution in [0, 0.1) is 0 Å². The van der Waals surface area contributed by atoms with E-state index in [1.807, 2.05) is 6.07 Å². The van der Waals surface area contributed by atoms with Gasteiger partial charge in [0.05, 0.1) is 13.3 Å². The SMILES string of the molecule is COc1cnc2c(c1)CNCCS2. The van der Waals surface area contributed by atoms with Crippen molar-refractivity contribution in [2.75, 3.05) is 19.4 Å². The maximum atomic E-state index is 5.12. The van der Waals surface area contributed by atoms with Gasteiger partial charge in [-0.3, -0.25) is 0 Å². The quantitative estimate of drug-likeness (QED) is 0.734. The average Bonchev–Trinajstić information content (AvgIpc) is 2.41. The average molecular weight is 196 g/mol. The minimum atomic E-state index is 0.836. The molecule has 0 spiro atoms. The molecule has 4 heteroatoms. The number of hydrogen-bond donors (Lipinski definition) is 1. The van der Waals surface area contributed by atoms with Crippen molar-refractivity contribution in [3.8, 4) is 5.75 Å². The van der Waals surface area contributed by atoms with E-state index >= 15 is 0 Å². The van der Waals surface area contributed by atoms with Crippen LogP contribution in [0.5, 0.6) is 5.75 Å². The molecule has 2 rings (SSSR count). The van der Waals surface area contributed by atoms with Gasteiger partial charge in [-0.2, -0.15) is 0 Å². The molecule has 0 fully saturated rings. The fourth-order valence-electron chi connectivity index (χ4n) is 1.29. The van der Waals surface area contributed by atoms with Crippen LogP contribution in [0.1, 0.15) is 5.56 Å². The first-order valence-electron chi connectivity index (χ1n) is 4.26. The Bertz CT molecular complexity index is 304. The standard InChI is InChI=1S/C9H12N2OS/c1-12-8-4-7-5-10-2-3-13-9(7)11-6-8/h4,6,10H,2-3,5H2,1H3. The lowest BCUT2D eigenvalue weighted by Crippen LogP contribution is -2.13. The second-order valence-corrected chi connectivity index (χ2v) is 3.95. The van der Waals surface area contributed by atoms with Crippen LogP contribution in [0.2, 0.25) is 0 Å². The van der Waals surface area contributed by atoms with Crippen molar-refractivity contribution in [2.45, 2.75) is 11.6 Å². The Kier molecular flexibility index (Phi) is 2.71. The van der Waals surface area contributed by atoms with Gasteiger partial charge in [-0.1, -0.05) is 0 Å². The summed E-state index contributed by atoms with van der Waals surface area (Å²) >= 11 is 1.80. The van der Waals surface area contributed by atoms with E-state index in [2.05, 4.69) is 10.3 Å². The van der Waals surface area contributed by atoms with Crippen LogP contribution in [-0.4, -0.2) is 24.4 Å². The number of rotatable bonds is 1.